The number of hydrogen-bond acceptors (Lipinski definition) is 4. The maximum Gasteiger partial charge on any atom is 0.141 e. The Labute approximate surface area is 164 Å². The predicted molar refractivity (Wildman–Crippen MR) is 107 cm³/mol. The minimum atomic E-state index is -0.463. The monoisotopic (exact) mass is 377 g/mol. The van der Waals surface area contributed by atoms with E-state index in [0.29, 0.717) is 0 Å². The summed E-state index contributed by atoms with van der Waals surface area (Å²) >= 11 is 0. The fourth-order valence-corrected chi connectivity index (χ4v) is 4.13. The number of morpholine rings is 1. The zero-order valence-corrected chi connectivity index (χ0v) is 15.9. The summed E-state index contributed by atoms with van der Waals surface area (Å²) in [5, 5.41) is 12.7. The second kappa shape index (κ2) is 6.88. The lowest BCUT2D eigenvalue weighted by atomic mass is 9.95. The van der Waals surface area contributed by atoms with Crippen LogP contribution in [0.3, 0.4) is 0 Å². The van der Waals surface area contributed by atoms with Crippen molar-refractivity contribution in [3.8, 4) is 17.2 Å². The molecule has 5 heteroatoms. The average molecular weight is 377 g/mol. The van der Waals surface area contributed by atoms with Crippen LogP contribution in [-0.2, 0) is 11.2 Å². The van der Waals surface area contributed by atoms with Crippen LogP contribution in [0.25, 0.3) is 11.1 Å². The number of anilines is 1. The van der Waals surface area contributed by atoms with Crippen LogP contribution < -0.4 is 10.2 Å². The number of ether oxygens (including phenoxy) is 1. The molecule has 144 valence electrons. The number of nitrogens with zero attached hydrogens (tertiary/aromatic N) is 2. The summed E-state index contributed by atoms with van der Waals surface area (Å²) in [6, 6.07) is 13.3. The number of halogens is 1. The van der Waals surface area contributed by atoms with E-state index in [0.717, 1.165) is 49.5 Å². The van der Waals surface area contributed by atoms with Gasteiger partial charge in [-0.15, -0.1) is 0 Å². The molecule has 1 aliphatic carbocycles. The Kier molecular flexibility index (Phi) is 4.34. The van der Waals surface area contributed by atoms with Crippen LogP contribution in [0.4, 0.5) is 10.1 Å². The SMILES string of the molecule is N#Cc1ccc(-c2cc(CC3CNC4(CC4)CO3)ccc2N2CCC2)cc1F. The topological polar surface area (TPSA) is 48.3 Å². The van der Waals surface area contributed by atoms with E-state index >= 15 is 0 Å². The molecule has 2 aliphatic heterocycles. The van der Waals surface area contributed by atoms with Gasteiger partial charge in [0.05, 0.1) is 18.3 Å². The second-order valence-corrected chi connectivity index (χ2v) is 8.30. The minimum Gasteiger partial charge on any atom is -0.375 e. The number of rotatable bonds is 4. The average Bonchev–Trinajstić information content (AvgIpc) is 3.43. The molecule has 1 N–H and O–H groups in total. The highest BCUT2D eigenvalue weighted by Gasteiger charge is 2.45. The summed E-state index contributed by atoms with van der Waals surface area (Å²) in [7, 11) is 0. The number of nitriles is 1. The Balaban J connectivity index is 1.43. The molecule has 1 saturated carbocycles. The first-order valence-electron chi connectivity index (χ1n) is 10.1. The summed E-state index contributed by atoms with van der Waals surface area (Å²) in [5.74, 6) is -0.463. The molecule has 0 aromatic heterocycles. The van der Waals surface area contributed by atoms with Gasteiger partial charge >= 0.3 is 0 Å². The van der Waals surface area contributed by atoms with Crippen molar-refractivity contribution in [2.24, 2.45) is 0 Å². The Morgan fingerprint density at radius 2 is 2.07 bits per heavy atom. The normalized spacial score (nSPS) is 22.6. The molecule has 3 fully saturated rings. The van der Waals surface area contributed by atoms with Gasteiger partial charge < -0.3 is 15.0 Å². The van der Waals surface area contributed by atoms with Gasteiger partial charge in [0.2, 0.25) is 0 Å². The van der Waals surface area contributed by atoms with E-state index in [1.807, 2.05) is 12.1 Å². The Morgan fingerprint density at radius 3 is 2.68 bits per heavy atom. The van der Waals surface area contributed by atoms with Gasteiger partial charge in [0, 0.05) is 36.4 Å². The van der Waals surface area contributed by atoms with Crippen molar-refractivity contribution in [3.05, 3.63) is 53.3 Å². The van der Waals surface area contributed by atoms with Crippen LogP contribution in [0.15, 0.2) is 36.4 Å². The van der Waals surface area contributed by atoms with Gasteiger partial charge in [0.15, 0.2) is 0 Å². The van der Waals surface area contributed by atoms with Crippen LogP contribution in [0.5, 0.6) is 0 Å². The van der Waals surface area contributed by atoms with Crippen molar-refractivity contribution in [1.29, 1.82) is 5.26 Å². The highest BCUT2D eigenvalue weighted by molar-refractivity contribution is 5.80. The minimum absolute atomic E-state index is 0.0843. The lowest BCUT2D eigenvalue weighted by Crippen LogP contribution is -2.48. The molecule has 3 aliphatic rings. The van der Waals surface area contributed by atoms with Crippen molar-refractivity contribution in [2.45, 2.75) is 37.3 Å². The first-order valence-corrected chi connectivity index (χ1v) is 10.1. The summed E-state index contributed by atoms with van der Waals surface area (Å²) in [6.07, 6.45) is 4.64. The van der Waals surface area contributed by atoms with Crippen LogP contribution in [0, 0.1) is 17.1 Å². The maximum absolute atomic E-state index is 14.3. The Morgan fingerprint density at radius 1 is 1.21 bits per heavy atom. The third-order valence-corrected chi connectivity index (χ3v) is 6.28. The van der Waals surface area contributed by atoms with E-state index in [2.05, 4.69) is 28.4 Å². The van der Waals surface area contributed by atoms with Gasteiger partial charge in [-0.3, -0.25) is 0 Å². The van der Waals surface area contributed by atoms with Gasteiger partial charge in [-0.1, -0.05) is 12.1 Å². The predicted octanol–water partition coefficient (Wildman–Crippen LogP) is 3.64. The molecule has 0 bridgehead atoms. The molecule has 2 aromatic rings. The summed E-state index contributed by atoms with van der Waals surface area (Å²) in [6.45, 7) is 3.75. The van der Waals surface area contributed by atoms with Crippen LogP contribution in [0.2, 0.25) is 0 Å². The van der Waals surface area contributed by atoms with E-state index < -0.39 is 5.82 Å². The molecule has 2 heterocycles. The zero-order chi connectivity index (χ0) is 19.1. The van der Waals surface area contributed by atoms with Gasteiger partial charge in [0.1, 0.15) is 11.9 Å². The van der Waals surface area contributed by atoms with E-state index in [4.69, 9.17) is 10.00 Å². The van der Waals surface area contributed by atoms with Gasteiger partial charge in [0.25, 0.3) is 0 Å². The maximum atomic E-state index is 14.3. The van der Waals surface area contributed by atoms with Gasteiger partial charge in [-0.2, -0.15) is 5.26 Å². The molecule has 28 heavy (non-hydrogen) atoms. The molecule has 0 radical (unpaired) electrons. The van der Waals surface area contributed by atoms with Gasteiger partial charge in [-0.05, 0) is 61.1 Å². The molecule has 4 nitrogen and oxygen atoms in total. The summed E-state index contributed by atoms with van der Waals surface area (Å²) < 4.78 is 20.3. The Bertz CT molecular complexity index is 933. The second-order valence-electron chi connectivity index (χ2n) is 8.30. The standard InChI is InChI=1S/C23H24FN3O/c24-21-12-17(3-4-18(21)13-25)20-11-16(2-5-22(20)27-8-1-9-27)10-19-14-26-23(6-7-23)15-28-19/h2-5,11-12,19,26H,1,6-10,14-15H2. The van der Waals surface area contributed by atoms with Crippen molar-refractivity contribution in [1.82, 2.24) is 5.32 Å². The fraction of sp³-hybridized carbons (Fsp3) is 0.435. The third-order valence-electron chi connectivity index (χ3n) is 6.28. The third kappa shape index (κ3) is 3.28. The largest absolute Gasteiger partial charge is 0.375 e. The first kappa shape index (κ1) is 17.7. The summed E-state index contributed by atoms with van der Waals surface area (Å²) in [4.78, 5) is 2.32. The zero-order valence-electron chi connectivity index (χ0n) is 15.9. The van der Waals surface area contributed by atoms with Crippen molar-refractivity contribution in [2.75, 3.05) is 31.1 Å². The molecular formula is C23H24FN3O. The highest BCUT2D eigenvalue weighted by atomic mass is 19.1. The molecule has 1 spiro atoms. The van der Waals surface area contributed by atoms with E-state index in [1.54, 1.807) is 6.07 Å². The summed E-state index contributed by atoms with van der Waals surface area (Å²) in [5.41, 5.74) is 4.54. The molecule has 1 atom stereocenters. The van der Waals surface area contributed by atoms with Crippen LogP contribution in [0.1, 0.15) is 30.4 Å². The molecule has 5 rings (SSSR count). The highest BCUT2D eigenvalue weighted by Crippen LogP contribution is 2.39. The van der Waals surface area contributed by atoms with Crippen molar-refractivity contribution in [3.63, 3.8) is 0 Å². The molecular weight excluding hydrogens is 353 g/mol. The van der Waals surface area contributed by atoms with Gasteiger partial charge in [-0.25, -0.2) is 4.39 Å². The molecule has 2 saturated heterocycles. The Hall–Kier alpha value is -2.42. The lowest BCUT2D eigenvalue weighted by Gasteiger charge is -2.35. The van der Waals surface area contributed by atoms with Crippen LogP contribution >= 0.6 is 0 Å². The molecule has 2 aromatic carbocycles. The molecule has 1 unspecified atom stereocenters. The molecule has 0 amide bonds. The van der Waals surface area contributed by atoms with E-state index in [9.17, 15) is 4.39 Å². The quantitative estimate of drug-likeness (QED) is 0.884. The van der Waals surface area contributed by atoms with Crippen molar-refractivity contribution >= 4 is 5.69 Å². The van der Waals surface area contributed by atoms with Crippen molar-refractivity contribution < 1.29 is 9.13 Å². The number of nitrogens with one attached hydrogen (secondary N) is 1. The smallest absolute Gasteiger partial charge is 0.141 e. The number of hydrogen-bond donors (Lipinski definition) is 1. The lowest BCUT2D eigenvalue weighted by molar-refractivity contribution is -0.00230. The first-order chi connectivity index (χ1) is 13.7. The van der Waals surface area contributed by atoms with Crippen LogP contribution in [-0.4, -0.2) is 37.9 Å². The van der Waals surface area contributed by atoms with E-state index in [1.165, 1.54) is 30.9 Å². The fourth-order valence-electron chi connectivity index (χ4n) is 4.13. The number of benzene rings is 2. The van der Waals surface area contributed by atoms with E-state index in [-0.39, 0.29) is 17.2 Å².